The van der Waals surface area contributed by atoms with Crippen LogP contribution in [0, 0.1) is 10.8 Å². The third kappa shape index (κ3) is 3.07. The second kappa shape index (κ2) is 6.93. The van der Waals surface area contributed by atoms with Gasteiger partial charge < -0.3 is 11.5 Å². The number of nitrogens with zero attached hydrogens (tertiary/aromatic N) is 1. The van der Waals surface area contributed by atoms with Crippen LogP contribution in [0.3, 0.4) is 0 Å². The van der Waals surface area contributed by atoms with E-state index in [0.717, 1.165) is 51.2 Å². The minimum Gasteiger partial charge on any atom is -0.384 e. The topological polar surface area (TPSA) is 112 Å². The van der Waals surface area contributed by atoms with Crippen LogP contribution >= 0.6 is 11.3 Å². The fraction of sp³-hybridized carbons (Fsp3) is 0.0417. The van der Waals surface area contributed by atoms with Crippen LogP contribution in [0.4, 0.5) is 5.69 Å². The Morgan fingerprint density at radius 2 is 1.53 bits per heavy atom. The van der Waals surface area contributed by atoms with E-state index in [1.165, 1.54) is 10.1 Å². The molecule has 0 fully saturated rings. The predicted octanol–water partition coefficient (Wildman–Crippen LogP) is 4.81. The summed E-state index contributed by atoms with van der Waals surface area (Å²) in [6.45, 7) is 0. The van der Waals surface area contributed by atoms with Crippen molar-refractivity contribution in [1.82, 2.24) is 0 Å². The molecule has 0 amide bonds. The van der Waals surface area contributed by atoms with Crippen molar-refractivity contribution in [1.29, 1.82) is 10.8 Å². The van der Waals surface area contributed by atoms with Gasteiger partial charge in [-0.1, -0.05) is 30.3 Å². The molecule has 146 valence electrons. The molecule has 3 aromatic carbocycles. The number of nitrogen functional groups attached to an aromatic ring is 2. The maximum absolute atomic E-state index is 7.66. The minimum absolute atomic E-state index is 0.0730. The van der Waals surface area contributed by atoms with E-state index >= 15 is 0 Å². The maximum Gasteiger partial charge on any atom is 0.122 e. The molecule has 6 N–H and O–H groups in total. The van der Waals surface area contributed by atoms with Crippen molar-refractivity contribution in [2.75, 3.05) is 0 Å². The summed E-state index contributed by atoms with van der Waals surface area (Å²) < 4.78 is 1.22. The van der Waals surface area contributed by atoms with Crippen LogP contribution in [-0.2, 0) is 6.42 Å². The molecule has 0 atom stereocenters. The molecule has 0 unspecified atom stereocenters. The Balaban J connectivity index is 1.52. The lowest BCUT2D eigenvalue weighted by Gasteiger charge is -2.05. The van der Waals surface area contributed by atoms with Crippen molar-refractivity contribution < 1.29 is 0 Å². The molecule has 0 spiro atoms. The average Bonchev–Trinajstić information content (AvgIpc) is 3.36. The van der Waals surface area contributed by atoms with Crippen LogP contribution in [0.5, 0.6) is 0 Å². The number of hydrogen-bond acceptors (Lipinski definition) is 4. The summed E-state index contributed by atoms with van der Waals surface area (Å²) in [5.74, 6) is 0.150. The fourth-order valence-corrected chi connectivity index (χ4v) is 4.75. The largest absolute Gasteiger partial charge is 0.384 e. The third-order valence-corrected chi connectivity index (χ3v) is 6.38. The summed E-state index contributed by atoms with van der Waals surface area (Å²) in [7, 11) is 0. The van der Waals surface area contributed by atoms with Crippen LogP contribution in [0.15, 0.2) is 71.0 Å². The van der Waals surface area contributed by atoms with Crippen molar-refractivity contribution in [2.45, 2.75) is 6.42 Å². The van der Waals surface area contributed by atoms with Gasteiger partial charge in [-0.05, 0) is 47.0 Å². The summed E-state index contributed by atoms with van der Waals surface area (Å²) in [6.07, 6.45) is 0.736. The first-order chi connectivity index (χ1) is 14.5. The SMILES string of the molecule is N=C(N)c1ccc(-c2ccc3scc(C4=Nc5ccc(C(=N)N)cc5C4)c3c2)cc1. The van der Waals surface area contributed by atoms with Gasteiger partial charge in [-0.2, -0.15) is 0 Å². The molecule has 0 saturated carbocycles. The number of thiophene rings is 1. The zero-order valence-electron chi connectivity index (χ0n) is 16.1. The van der Waals surface area contributed by atoms with Gasteiger partial charge in [0.15, 0.2) is 0 Å². The first-order valence-corrected chi connectivity index (χ1v) is 10.4. The van der Waals surface area contributed by atoms with E-state index in [-0.39, 0.29) is 11.7 Å². The number of aliphatic imine (C=N–C) groups is 1. The summed E-state index contributed by atoms with van der Waals surface area (Å²) >= 11 is 1.72. The fourth-order valence-electron chi connectivity index (χ4n) is 3.80. The van der Waals surface area contributed by atoms with Crippen molar-refractivity contribution in [3.05, 3.63) is 88.3 Å². The van der Waals surface area contributed by atoms with Crippen molar-refractivity contribution in [2.24, 2.45) is 16.5 Å². The molecule has 5 nitrogen and oxygen atoms in total. The Labute approximate surface area is 177 Å². The summed E-state index contributed by atoms with van der Waals surface area (Å²) in [4.78, 5) is 4.85. The summed E-state index contributed by atoms with van der Waals surface area (Å²) in [5.41, 5.74) is 19.1. The molecule has 1 aliphatic heterocycles. The van der Waals surface area contributed by atoms with E-state index in [1.54, 1.807) is 11.3 Å². The monoisotopic (exact) mass is 409 g/mol. The van der Waals surface area contributed by atoms with E-state index in [9.17, 15) is 0 Å². The highest BCUT2D eigenvalue weighted by atomic mass is 32.1. The van der Waals surface area contributed by atoms with Gasteiger partial charge in [0, 0.05) is 38.6 Å². The Hall–Kier alpha value is -3.77. The molecule has 1 aromatic heterocycles. The van der Waals surface area contributed by atoms with Gasteiger partial charge in [-0.3, -0.25) is 15.8 Å². The molecule has 0 bridgehead atoms. The van der Waals surface area contributed by atoms with E-state index in [0.29, 0.717) is 0 Å². The van der Waals surface area contributed by atoms with Crippen LogP contribution < -0.4 is 11.5 Å². The lowest BCUT2D eigenvalue weighted by atomic mass is 9.98. The molecular formula is C24H19N5S. The molecule has 30 heavy (non-hydrogen) atoms. The second-order valence-electron chi connectivity index (χ2n) is 7.34. The van der Waals surface area contributed by atoms with E-state index < -0.39 is 0 Å². The molecule has 0 saturated heterocycles. The van der Waals surface area contributed by atoms with Gasteiger partial charge in [0.1, 0.15) is 11.7 Å². The third-order valence-electron chi connectivity index (χ3n) is 5.42. The van der Waals surface area contributed by atoms with E-state index in [4.69, 9.17) is 27.3 Å². The lowest BCUT2D eigenvalue weighted by Crippen LogP contribution is -2.11. The molecule has 0 aliphatic carbocycles. The summed E-state index contributed by atoms with van der Waals surface area (Å²) in [5, 5.41) is 18.6. The smallest absolute Gasteiger partial charge is 0.122 e. The molecule has 6 heteroatoms. The first-order valence-electron chi connectivity index (χ1n) is 9.51. The van der Waals surface area contributed by atoms with Crippen molar-refractivity contribution >= 4 is 44.5 Å². The lowest BCUT2D eigenvalue weighted by molar-refractivity contribution is 1.36. The zero-order valence-corrected chi connectivity index (χ0v) is 16.9. The summed E-state index contributed by atoms with van der Waals surface area (Å²) in [6, 6.07) is 20.0. The van der Waals surface area contributed by atoms with Gasteiger partial charge >= 0.3 is 0 Å². The molecule has 0 radical (unpaired) electrons. The average molecular weight is 410 g/mol. The van der Waals surface area contributed by atoms with E-state index in [1.807, 2.05) is 42.5 Å². The van der Waals surface area contributed by atoms with Crippen LogP contribution in [0.2, 0.25) is 0 Å². The number of nitrogens with two attached hydrogens (primary N) is 2. The highest BCUT2D eigenvalue weighted by molar-refractivity contribution is 7.17. The van der Waals surface area contributed by atoms with Crippen LogP contribution in [-0.4, -0.2) is 17.4 Å². The zero-order chi connectivity index (χ0) is 20.8. The van der Waals surface area contributed by atoms with Gasteiger partial charge in [-0.25, -0.2) is 0 Å². The van der Waals surface area contributed by atoms with E-state index in [2.05, 4.69) is 23.6 Å². The van der Waals surface area contributed by atoms with Crippen molar-refractivity contribution in [3.8, 4) is 11.1 Å². The highest BCUT2D eigenvalue weighted by Gasteiger charge is 2.20. The standard InChI is InChI=1S/C24H19N5S/c25-23(26)14-3-1-13(2-4-14)15-6-8-22-18(10-15)19(12-30-22)21-11-17-9-16(24(27)28)5-7-20(17)29-21/h1-10,12H,11H2,(H3,25,26)(H3,27,28). The molecule has 2 heterocycles. The molecular weight excluding hydrogens is 390 g/mol. The number of hydrogen-bond donors (Lipinski definition) is 4. The first kappa shape index (κ1) is 18.3. The highest BCUT2D eigenvalue weighted by Crippen LogP contribution is 2.36. The number of amidine groups is 2. The quantitative estimate of drug-likeness (QED) is 0.286. The Morgan fingerprint density at radius 1 is 0.833 bits per heavy atom. The second-order valence-corrected chi connectivity index (χ2v) is 8.26. The van der Waals surface area contributed by atoms with Gasteiger partial charge in [0.25, 0.3) is 0 Å². The Bertz CT molecular complexity index is 1360. The number of rotatable bonds is 4. The molecule has 4 aromatic rings. The van der Waals surface area contributed by atoms with Gasteiger partial charge in [0.05, 0.1) is 11.4 Å². The number of fused-ring (bicyclic) bond motifs is 2. The molecule has 5 rings (SSSR count). The van der Waals surface area contributed by atoms with Gasteiger partial charge in [0.2, 0.25) is 0 Å². The number of benzene rings is 3. The van der Waals surface area contributed by atoms with Crippen molar-refractivity contribution in [3.63, 3.8) is 0 Å². The number of nitrogens with one attached hydrogen (secondary N) is 2. The maximum atomic E-state index is 7.66. The van der Waals surface area contributed by atoms with Gasteiger partial charge in [-0.15, -0.1) is 11.3 Å². The van der Waals surface area contributed by atoms with Crippen LogP contribution in [0.25, 0.3) is 21.2 Å². The Morgan fingerprint density at radius 3 is 2.27 bits per heavy atom. The predicted molar refractivity (Wildman–Crippen MR) is 126 cm³/mol. The minimum atomic E-state index is 0.0730. The normalized spacial score (nSPS) is 12.6. The van der Waals surface area contributed by atoms with Crippen LogP contribution in [0.1, 0.15) is 22.3 Å². The Kier molecular flexibility index (Phi) is 4.22. The molecule has 1 aliphatic rings.